The van der Waals surface area contributed by atoms with E-state index in [0.717, 1.165) is 27.9 Å². The highest BCUT2D eigenvalue weighted by Crippen LogP contribution is 2.23. The third-order valence-corrected chi connectivity index (χ3v) is 3.83. The van der Waals surface area contributed by atoms with Gasteiger partial charge >= 0.3 is 0 Å². The van der Waals surface area contributed by atoms with Crippen molar-refractivity contribution in [3.05, 3.63) is 57.8 Å². The molecule has 4 heteroatoms. The van der Waals surface area contributed by atoms with Crippen LogP contribution in [0.2, 0.25) is 0 Å². The van der Waals surface area contributed by atoms with Gasteiger partial charge in [0, 0.05) is 35.0 Å². The molecule has 1 aromatic heterocycles. The average Bonchev–Trinajstić information content (AvgIpc) is 2.45. The molecule has 0 aliphatic rings. The Morgan fingerprint density at radius 1 is 1.24 bits per heavy atom. The molecule has 1 N–H and O–H groups in total. The minimum Gasteiger partial charge on any atom is -0.489 e. The number of hydrogen-bond acceptors (Lipinski definition) is 3. The lowest BCUT2D eigenvalue weighted by Gasteiger charge is -2.12. The summed E-state index contributed by atoms with van der Waals surface area (Å²) in [7, 11) is 0. The fourth-order valence-corrected chi connectivity index (χ4v) is 2.34. The maximum Gasteiger partial charge on any atom is 0.120 e. The number of aryl methyl sites for hydroxylation is 1. The van der Waals surface area contributed by atoms with E-state index < -0.39 is 0 Å². The van der Waals surface area contributed by atoms with Crippen molar-refractivity contribution in [2.45, 2.75) is 40.0 Å². The zero-order chi connectivity index (χ0) is 15.2. The van der Waals surface area contributed by atoms with Gasteiger partial charge in [0.1, 0.15) is 12.4 Å². The summed E-state index contributed by atoms with van der Waals surface area (Å²) in [6.07, 6.45) is 3.69. The number of halogens is 1. The van der Waals surface area contributed by atoms with Crippen molar-refractivity contribution in [2.75, 3.05) is 0 Å². The maximum absolute atomic E-state index is 5.86. The van der Waals surface area contributed by atoms with E-state index in [1.807, 2.05) is 31.5 Å². The summed E-state index contributed by atoms with van der Waals surface area (Å²) in [6.45, 7) is 7.67. The van der Waals surface area contributed by atoms with E-state index in [0.29, 0.717) is 12.6 Å². The van der Waals surface area contributed by atoms with Gasteiger partial charge in [-0.2, -0.15) is 0 Å². The van der Waals surface area contributed by atoms with Crippen LogP contribution < -0.4 is 10.1 Å². The van der Waals surface area contributed by atoms with Gasteiger partial charge in [0.05, 0.1) is 0 Å². The van der Waals surface area contributed by atoms with Crippen LogP contribution in [0.3, 0.4) is 0 Å². The van der Waals surface area contributed by atoms with Crippen molar-refractivity contribution in [1.82, 2.24) is 10.3 Å². The van der Waals surface area contributed by atoms with E-state index >= 15 is 0 Å². The molecule has 0 radical (unpaired) electrons. The molecule has 0 saturated carbocycles. The number of nitrogens with one attached hydrogen (secondary N) is 1. The monoisotopic (exact) mass is 348 g/mol. The van der Waals surface area contributed by atoms with Crippen molar-refractivity contribution in [1.29, 1.82) is 0 Å². The number of benzene rings is 1. The highest BCUT2D eigenvalue weighted by atomic mass is 79.9. The molecular formula is C17H21BrN2O. The molecule has 1 heterocycles. The minimum absolute atomic E-state index is 0.458. The average molecular weight is 349 g/mol. The van der Waals surface area contributed by atoms with Crippen LogP contribution in [0.5, 0.6) is 5.75 Å². The van der Waals surface area contributed by atoms with E-state index in [9.17, 15) is 0 Å². The number of aromatic nitrogens is 1. The molecule has 0 fully saturated rings. The SMILES string of the molecule is Cc1cncc(COc2ccc(Br)c(CNC(C)C)c2)c1. The molecule has 0 spiro atoms. The third kappa shape index (κ3) is 5.14. The van der Waals surface area contributed by atoms with Crippen molar-refractivity contribution in [2.24, 2.45) is 0 Å². The topological polar surface area (TPSA) is 34.1 Å². The van der Waals surface area contributed by atoms with Gasteiger partial charge in [-0.05, 0) is 42.3 Å². The van der Waals surface area contributed by atoms with E-state index in [2.05, 4.69) is 52.2 Å². The van der Waals surface area contributed by atoms with E-state index in [1.54, 1.807) is 0 Å². The third-order valence-electron chi connectivity index (χ3n) is 3.06. The van der Waals surface area contributed by atoms with Crippen LogP contribution in [0, 0.1) is 6.92 Å². The van der Waals surface area contributed by atoms with Gasteiger partial charge in [-0.15, -0.1) is 0 Å². The van der Waals surface area contributed by atoms with Gasteiger partial charge in [0.25, 0.3) is 0 Å². The summed E-state index contributed by atoms with van der Waals surface area (Å²) < 4.78 is 6.96. The molecule has 0 aliphatic heterocycles. The Kier molecular flexibility index (Phi) is 5.76. The van der Waals surface area contributed by atoms with Crippen molar-refractivity contribution >= 4 is 15.9 Å². The predicted molar refractivity (Wildman–Crippen MR) is 89.4 cm³/mol. The lowest BCUT2D eigenvalue weighted by Crippen LogP contribution is -2.22. The molecule has 0 saturated heterocycles. The molecule has 2 aromatic rings. The fraction of sp³-hybridized carbons (Fsp3) is 0.353. The Morgan fingerprint density at radius 3 is 2.76 bits per heavy atom. The summed E-state index contributed by atoms with van der Waals surface area (Å²) >= 11 is 3.58. The van der Waals surface area contributed by atoms with Crippen molar-refractivity contribution in [3.63, 3.8) is 0 Å². The van der Waals surface area contributed by atoms with Crippen LogP contribution in [0.1, 0.15) is 30.5 Å². The Morgan fingerprint density at radius 2 is 2.05 bits per heavy atom. The van der Waals surface area contributed by atoms with E-state index in [1.165, 1.54) is 5.56 Å². The highest BCUT2D eigenvalue weighted by Gasteiger charge is 2.04. The summed E-state index contributed by atoms with van der Waals surface area (Å²) in [5.74, 6) is 0.875. The largest absolute Gasteiger partial charge is 0.489 e. The lowest BCUT2D eigenvalue weighted by molar-refractivity contribution is 0.305. The first-order valence-corrected chi connectivity index (χ1v) is 7.89. The Hall–Kier alpha value is -1.39. The second-order valence-electron chi connectivity index (χ2n) is 5.45. The van der Waals surface area contributed by atoms with Gasteiger partial charge in [-0.25, -0.2) is 0 Å². The smallest absolute Gasteiger partial charge is 0.120 e. The number of hydrogen-bond donors (Lipinski definition) is 1. The molecule has 1 aromatic carbocycles. The van der Waals surface area contributed by atoms with Crippen LogP contribution in [-0.2, 0) is 13.2 Å². The molecule has 0 amide bonds. The van der Waals surface area contributed by atoms with Crippen molar-refractivity contribution < 1.29 is 4.74 Å². The first-order chi connectivity index (χ1) is 10.0. The quantitative estimate of drug-likeness (QED) is 0.848. The minimum atomic E-state index is 0.458. The Bertz CT molecular complexity index is 599. The molecule has 112 valence electrons. The van der Waals surface area contributed by atoms with Gasteiger partial charge in [0.15, 0.2) is 0 Å². The Balaban J connectivity index is 2.01. The molecule has 0 atom stereocenters. The van der Waals surface area contributed by atoms with Crippen LogP contribution in [0.15, 0.2) is 41.1 Å². The number of pyridine rings is 1. The normalized spacial score (nSPS) is 10.9. The molecule has 0 unspecified atom stereocenters. The van der Waals surface area contributed by atoms with E-state index in [4.69, 9.17) is 4.74 Å². The van der Waals surface area contributed by atoms with Crippen LogP contribution in [0.25, 0.3) is 0 Å². The summed E-state index contributed by atoms with van der Waals surface area (Å²) in [6, 6.07) is 8.63. The Labute approximate surface area is 134 Å². The second-order valence-corrected chi connectivity index (χ2v) is 6.30. The van der Waals surface area contributed by atoms with Gasteiger partial charge < -0.3 is 10.1 Å². The second kappa shape index (κ2) is 7.57. The van der Waals surface area contributed by atoms with Gasteiger partial charge in [-0.3, -0.25) is 4.98 Å². The predicted octanol–water partition coefficient (Wildman–Crippen LogP) is 4.23. The molecule has 0 bridgehead atoms. The lowest BCUT2D eigenvalue weighted by atomic mass is 10.2. The van der Waals surface area contributed by atoms with Gasteiger partial charge in [-0.1, -0.05) is 29.8 Å². The standard InChI is InChI=1S/C17H21BrN2O/c1-12(2)20-10-15-7-16(4-5-17(15)18)21-11-14-6-13(3)8-19-9-14/h4-9,12,20H,10-11H2,1-3H3. The summed E-state index contributed by atoms with van der Waals surface area (Å²) in [5, 5.41) is 3.42. The first-order valence-electron chi connectivity index (χ1n) is 7.09. The zero-order valence-electron chi connectivity index (χ0n) is 12.7. The highest BCUT2D eigenvalue weighted by molar-refractivity contribution is 9.10. The molecule has 0 aliphatic carbocycles. The number of ether oxygens (including phenoxy) is 1. The molecule has 3 nitrogen and oxygen atoms in total. The van der Waals surface area contributed by atoms with Crippen LogP contribution >= 0.6 is 15.9 Å². The fourth-order valence-electron chi connectivity index (χ4n) is 1.95. The van der Waals surface area contributed by atoms with Crippen LogP contribution in [0.4, 0.5) is 0 Å². The molecule has 2 rings (SSSR count). The zero-order valence-corrected chi connectivity index (χ0v) is 14.3. The maximum atomic E-state index is 5.86. The molecule has 21 heavy (non-hydrogen) atoms. The number of nitrogens with zero attached hydrogens (tertiary/aromatic N) is 1. The first kappa shape index (κ1) is 16.0. The summed E-state index contributed by atoms with van der Waals surface area (Å²) in [5.41, 5.74) is 3.43. The number of rotatable bonds is 6. The van der Waals surface area contributed by atoms with Gasteiger partial charge in [0.2, 0.25) is 0 Å². The molecular weight excluding hydrogens is 328 g/mol. The summed E-state index contributed by atoms with van der Waals surface area (Å²) in [4.78, 5) is 4.18. The van der Waals surface area contributed by atoms with E-state index in [-0.39, 0.29) is 0 Å². The van der Waals surface area contributed by atoms with Crippen LogP contribution in [-0.4, -0.2) is 11.0 Å². The van der Waals surface area contributed by atoms with Crippen molar-refractivity contribution in [3.8, 4) is 5.75 Å².